The molecule has 0 bridgehead atoms. The Kier molecular flexibility index (Phi) is 10.3. The Labute approximate surface area is 156 Å². The molecule has 1 saturated carbocycles. The molecule has 1 rings (SSSR count). The van der Waals surface area contributed by atoms with E-state index >= 15 is 0 Å². The number of carboxylic acids is 1. The van der Waals surface area contributed by atoms with Crippen LogP contribution in [0.25, 0.3) is 0 Å². The molecule has 146 valence electrons. The molecule has 0 amide bonds. The van der Waals surface area contributed by atoms with Crippen molar-refractivity contribution in [2.75, 3.05) is 0 Å². The Morgan fingerprint density at radius 2 is 1.96 bits per heavy atom. The first kappa shape index (κ1) is 22.4. The number of rotatable bonds is 10. The molecule has 0 aromatic heterocycles. The van der Waals surface area contributed by atoms with Crippen molar-refractivity contribution in [1.82, 2.24) is 0 Å². The fourth-order valence-electron chi connectivity index (χ4n) is 3.25. The normalized spacial score (nSPS) is 28.2. The smallest absolute Gasteiger partial charge is 0.306 e. The topological polar surface area (TPSA) is 98.0 Å². The molecule has 0 aromatic rings. The second-order valence-corrected chi connectivity index (χ2v) is 7.05. The minimum Gasteiger partial charge on any atom is -0.481 e. The molecule has 2 unspecified atom stereocenters. The van der Waals surface area contributed by atoms with Crippen LogP contribution in [-0.4, -0.2) is 44.7 Å². The highest BCUT2D eigenvalue weighted by atomic mass is 16.4. The van der Waals surface area contributed by atoms with Crippen molar-refractivity contribution in [3.05, 3.63) is 24.3 Å². The molecule has 5 nitrogen and oxygen atoms in total. The molecule has 0 saturated heterocycles. The zero-order valence-corrected chi connectivity index (χ0v) is 15.7. The third kappa shape index (κ3) is 7.74. The van der Waals surface area contributed by atoms with Gasteiger partial charge in [-0.2, -0.15) is 0 Å². The number of allylic oxidation sites excluding steroid dienone is 2. The average molecular weight is 364 g/mol. The van der Waals surface area contributed by atoms with Crippen LogP contribution in [0.5, 0.6) is 0 Å². The quantitative estimate of drug-likeness (QED) is 0.353. The van der Waals surface area contributed by atoms with Gasteiger partial charge in [0.1, 0.15) is 0 Å². The van der Waals surface area contributed by atoms with Gasteiger partial charge >= 0.3 is 5.97 Å². The van der Waals surface area contributed by atoms with Gasteiger partial charge < -0.3 is 20.4 Å². The van der Waals surface area contributed by atoms with Crippen molar-refractivity contribution in [2.45, 2.75) is 70.7 Å². The second-order valence-electron chi connectivity index (χ2n) is 7.05. The fraction of sp³-hybridized carbons (Fsp3) is 0.667. The van der Waals surface area contributed by atoms with Gasteiger partial charge in [0.05, 0.1) is 24.2 Å². The van der Waals surface area contributed by atoms with E-state index < -0.39 is 24.3 Å². The van der Waals surface area contributed by atoms with E-state index in [1.165, 1.54) is 0 Å². The fourth-order valence-corrected chi connectivity index (χ4v) is 3.25. The Balaban J connectivity index is 2.52. The second kappa shape index (κ2) is 11.9. The highest BCUT2D eigenvalue weighted by Gasteiger charge is 2.39. The molecule has 4 N–H and O–H groups in total. The Bertz CT molecular complexity index is 542. The highest BCUT2D eigenvalue weighted by molar-refractivity contribution is 5.69. The van der Waals surface area contributed by atoms with Gasteiger partial charge in [-0.25, -0.2) is 0 Å². The molecule has 5 heteroatoms. The number of aliphatic hydroxyl groups is 3. The van der Waals surface area contributed by atoms with E-state index in [-0.39, 0.29) is 17.8 Å². The zero-order chi connectivity index (χ0) is 19.5. The van der Waals surface area contributed by atoms with Crippen LogP contribution in [0, 0.1) is 29.6 Å². The zero-order valence-electron chi connectivity index (χ0n) is 15.7. The number of carbonyl (C=O) groups is 1. The lowest BCUT2D eigenvalue weighted by Crippen LogP contribution is -2.20. The molecule has 1 fully saturated rings. The van der Waals surface area contributed by atoms with Crippen molar-refractivity contribution in [2.24, 2.45) is 17.8 Å². The van der Waals surface area contributed by atoms with Crippen LogP contribution in [0.2, 0.25) is 0 Å². The Hall–Kier alpha value is -1.61. The molecule has 1 aliphatic carbocycles. The van der Waals surface area contributed by atoms with Gasteiger partial charge in [0.15, 0.2) is 0 Å². The maximum atomic E-state index is 10.8. The summed E-state index contributed by atoms with van der Waals surface area (Å²) in [5.74, 6) is 4.24. The predicted octanol–water partition coefficient (Wildman–Crippen LogP) is 2.51. The van der Waals surface area contributed by atoms with E-state index in [0.717, 1.165) is 0 Å². The molecule has 0 radical (unpaired) electrons. The van der Waals surface area contributed by atoms with Crippen LogP contribution in [0.15, 0.2) is 24.3 Å². The van der Waals surface area contributed by atoms with Gasteiger partial charge in [-0.15, -0.1) is 11.8 Å². The summed E-state index contributed by atoms with van der Waals surface area (Å²) in [6.45, 7) is 3.45. The van der Waals surface area contributed by atoms with Gasteiger partial charge in [-0.3, -0.25) is 4.79 Å². The SMILES string of the molecule is CC#CCCC(O)C=C[C@@H]1[C@@H](CC=CCCC(C)C(=O)O)[C@@H](O)C[C@H]1O. The number of aliphatic hydroxyl groups excluding tert-OH is 3. The van der Waals surface area contributed by atoms with Crippen LogP contribution < -0.4 is 0 Å². The Morgan fingerprint density at radius 1 is 1.23 bits per heavy atom. The van der Waals surface area contributed by atoms with E-state index in [9.17, 15) is 20.1 Å². The van der Waals surface area contributed by atoms with Crippen LogP contribution >= 0.6 is 0 Å². The van der Waals surface area contributed by atoms with E-state index in [4.69, 9.17) is 5.11 Å². The maximum absolute atomic E-state index is 10.8. The van der Waals surface area contributed by atoms with E-state index in [2.05, 4.69) is 11.8 Å². The first-order chi connectivity index (χ1) is 12.4. The molecule has 0 aromatic carbocycles. The molecule has 6 atom stereocenters. The number of carboxylic acid groups (broad SMARTS) is 1. The minimum atomic E-state index is -0.790. The lowest BCUT2D eigenvalue weighted by atomic mass is 9.89. The Morgan fingerprint density at radius 3 is 2.62 bits per heavy atom. The van der Waals surface area contributed by atoms with Crippen molar-refractivity contribution in [3.63, 3.8) is 0 Å². The third-order valence-electron chi connectivity index (χ3n) is 4.98. The molecular formula is C21H32O5. The summed E-state index contributed by atoms with van der Waals surface area (Å²) in [7, 11) is 0. The lowest BCUT2D eigenvalue weighted by molar-refractivity contribution is -0.141. The van der Waals surface area contributed by atoms with Gasteiger partial charge in [0.25, 0.3) is 0 Å². The van der Waals surface area contributed by atoms with E-state index in [0.29, 0.717) is 38.5 Å². The summed E-state index contributed by atoms with van der Waals surface area (Å²) in [6, 6.07) is 0. The van der Waals surface area contributed by atoms with E-state index in [1.807, 2.05) is 18.2 Å². The van der Waals surface area contributed by atoms with Gasteiger partial charge in [-0.1, -0.05) is 31.2 Å². The average Bonchev–Trinajstić information content (AvgIpc) is 2.85. The van der Waals surface area contributed by atoms with Crippen LogP contribution in [0.3, 0.4) is 0 Å². The van der Waals surface area contributed by atoms with Crippen molar-refractivity contribution >= 4 is 5.97 Å². The van der Waals surface area contributed by atoms with Crippen LogP contribution in [0.1, 0.15) is 52.4 Å². The summed E-state index contributed by atoms with van der Waals surface area (Å²) in [6.07, 6.45) is 8.98. The van der Waals surface area contributed by atoms with Crippen LogP contribution in [0.4, 0.5) is 0 Å². The van der Waals surface area contributed by atoms with Gasteiger partial charge in [-0.05, 0) is 38.5 Å². The lowest BCUT2D eigenvalue weighted by Gasteiger charge is -2.19. The van der Waals surface area contributed by atoms with Crippen molar-refractivity contribution < 1.29 is 25.2 Å². The number of hydrogen-bond acceptors (Lipinski definition) is 4. The first-order valence-electron chi connectivity index (χ1n) is 9.36. The molecule has 0 aliphatic heterocycles. The third-order valence-corrected chi connectivity index (χ3v) is 4.98. The number of aliphatic carboxylic acids is 1. The number of hydrogen-bond donors (Lipinski definition) is 4. The highest BCUT2D eigenvalue weighted by Crippen LogP contribution is 2.36. The standard InChI is InChI=1S/C21H32O5/c1-3-4-6-10-16(22)12-13-18-17(19(23)14-20(18)24)11-8-5-7-9-15(2)21(25)26/h5,8,12-13,15-20,22-24H,6-7,9-11,14H2,1-2H3,(H,25,26)/t15?,16?,17-,18-,19+,20-/m1/s1. The molecular weight excluding hydrogens is 332 g/mol. The largest absolute Gasteiger partial charge is 0.481 e. The molecule has 0 heterocycles. The molecule has 26 heavy (non-hydrogen) atoms. The minimum absolute atomic E-state index is 0.1000. The summed E-state index contributed by atoms with van der Waals surface area (Å²) < 4.78 is 0. The summed E-state index contributed by atoms with van der Waals surface area (Å²) >= 11 is 0. The predicted molar refractivity (Wildman–Crippen MR) is 101 cm³/mol. The van der Waals surface area contributed by atoms with Crippen molar-refractivity contribution in [3.8, 4) is 11.8 Å². The summed E-state index contributed by atoms with van der Waals surface area (Å²) in [4.78, 5) is 10.8. The van der Waals surface area contributed by atoms with E-state index in [1.54, 1.807) is 19.9 Å². The molecule has 0 spiro atoms. The summed E-state index contributed by atoms with van der Waals surface area (Å²) in [5.41, 5.74) is 0. The van der Waals surface area contributed by atoms with Gasteiger partial charge in [0.2, 0.25) is 0 Å². The first-order valence-corrected chi connectivity index (χ1v) is 9.36. The van der Waals surface area contributed by atoms with Crippen molar-refractivity contribution in [1.29, 1.82) is 0 Å². The summed E-state index contributed by atoms with van der Waals surface area (Å²) in [5, 5.41) is 39.2. The molecule has 1 aliphatic rings. The van der Waals surface area contributed by atoms with Gasteiger partial charge in [0, 0.05) is 18.8 Å². The monoisotopic (exact) mass is 364 g/mol. The maximum Gasteiger partial charge on any atom is 0.306 e. The van der Waals surface area contributed by atoms with Crippen LogP contribution in [-0.2, 0) is 4.79 Å².